The quantitative estimate of drug-likeness (QED) is 0.540. The minimum atomic E-state index is 0.00644. The first kappa shape index (κ1) is 12.3. The van der Waals surface area contributed by atoms with Gasteiger partial charge in [-0.25, -0.2) is 9.38 Å². The SMILES string of the molecule is Cc1ccccc1C=c1sc2nc3ccccc3n2c1=O. The Balaban J connectivity index is 2.06. The van der Waals surface area contributed by atoms with Crippen molar-refractivity contribution in [1.82, 2.24) is 9.38 Å². The molecule has 0 aliphatic heterocycles. The Kier molecular flexibility index (Phi) is 2.65. The van der Waals surface area contributed by atoms with Gasteiger partial charge in [0.05, 0.1) is 15.6 Å². The minimum absolute atomic E-state index is 0.00644. The third-order valence-corrected chi connectivity index (χ3v) is 4.59. The molecule has 0 N–H and O–H groups in total. The topological polar surface area (TPSA) is 34.4 Å². The molecule has 0 spiro atoms. The second-order valence-electron chi connectivity index (χ2n) is 4.99. The van der Waals surface area contributed by atoms with E-state index in [1.54, 1.807) is 4.40 Å². The fraction of sp³-hybridized carbons (Fsp3) is 0.0588. The van der Waals surface area contributed by atoms with Crippen molar-refractivity contribution < 1.29 is 0 Å². The Labute approximate surface area is 124 Å². The average molecular weight is 292 g/mol. The van der Waals surface area contributed by atoms with Gasteiger partial charge in [0.1, 0.15) is 0 Å². The van der Waals surface area contributed by atoms with Crippen molar-refractivity contribution in [2.24, 2.45) is 0 Å². The molecule has 0 atom stereocenters. The van der Waals surface area contributed by atoms with E-state index in [0.717, 1.165) is 31.7 Å². The molecule has 2 heterocycles. The second-order valence-corrected chi connectivity index (χ2v) is 6.00. The normalized spacial score (nSPS) is 12.5. The fourth-order valence-corrected chi connectivity index (χ4v) is 3.48. The van der Waals surface area contributed by atoms with Crippen LogP contribution in [0.5, 0.6) is 0 Å². The van der Waals surface area contributed by atoms with Crippen LogP contribution in [-0.4, -0.2) is 9.38 Å². The smallest absolute Gasteiger partial charge is 0.267 e. The van der Waals surface area contributed by atoms with Gasteiger partial charge < -0.3 is 0 Å². The molecule has 0 unspecified atom stereocenters. The summed E-state index contributed by atoms with van der Waals surface area (Å²) < 4.78 is 2.42. The van der Waals surface area contributed by atoms with E-state index in [9.17, 15) is 4.79 Å². The first-order valence-electron chi connectivity index (χ1n) is 6.71. The maximum atomic E-state index is 12.6. The van der Waals surface area contributed by atoms with Crippen LogP contribution in [-0.2, 0) is 0 Å². The van der Waals surface area contributed by atoms with Crippen molar-refractivity contribution >= 4 is 33.4 Å². The van der Waals surface area contributed by atoms with Gasteiger partial charge in [0.25, 0.3) is 5.56 Å². The molecule has 4 rings (SSSR count). The van der Waals surface area contributed by atoms with Crippen LogP contribution in [0.25, 0.3) is 22.1 Å². The zero-order valence-electron chi connectivity index (χ0n) is 11.4. The van der Waals surface area contributed by atoms with Crippen molar-refractivity contribution in [3.05, 3.63) is 74.5 Å². The molecule has 0 aliphatic rings. The van der Waals surface area contributed by atoms with Crippen LogP contribution in [0.4, 0.5) is 0 Å². The van der Waals surface area contributed by atoms with E-state index in [1.165, 1.54) is 11.3 Å². The molecule has 0 fully saturated rings. The van der Waals surface area contributed by atoms with Crippen molar-refractivity contribution in [3.63, 3.8) is 0 Å². The molecule has 0 radical (unpaired) electrons. The van der Waals surface area contributed by atoms with Crippen LogP contribution in [0, 0.1) is 6.92 Å². The van der Waals surface area contributed by atoms with Crippen LogP contribution < -0.4 is 10.1 Å². The lowest BCUT2D eigenvalue weighted by molar-refractivity contribution is 1.19. The number of nitrogens with zero attached hydrogens (tertiary/aromatic N) is 2. The summed E-state index contributed by atoms with van der Waals surface area (Å²) in [6.07, 6.45) is 1.95. The molecular formula is C17H12N2OS. The number of thiazole rings is 1. The predicted molar refractivity (Wildman–Crippen MR) is 86.8 cm³/mol. The Bertz CT molecular complexity index is 1080. The highest BCUT2D eigenvalue weighted by Gasteiger charge is 2.10. The lowest BCUT2D eigenvalue weighted by Crippen LogP contribution is -2.22. The van der Waals surface area contributed by atoms with Gasteiger partial charge in [0.2, 0.25) is 0 Å². The predicted octanol–water partition coefficient (Wildman–Crippen LogP) is 2.77. The monoisotopic (exact) mass is 292 g/mol. The van der Waals surface area contributed by atoms with Gasteiger partial charge in [-0.15, -0.1) is 0 Å². The molecule has 2 aromatic carbocycles. The van der Waals surface area contributed by atoms with E-state index >= 15 is 0 Å². The van der Waals surface area contributed by atoms with Crippen LogP contribution >= 0.6 is 11.3 Å². The number of imidazole rings is 1. The van der Waals surface area contributed by atoms with Crippen molar-refractivity contribution in [2.75, 3.05) is 0 Å². The molecule has 0 saturated heterocycles. The summed E-state index contributed by atoms with van der Waals surface area (Å²) in [5, 5.41) is 0. The highest BCUT2D eigenvalue weighted by Crippen LogP contribution is 2.16. The molecule has 0 amide bonds. The summed E-state index contributed by atoms with van der Waals surface area (Å²) >= 11 is 1.44. The van der Waals surface area contributed by atoms with E-state index in [4.69, 9.17) is 0 Å². The Morgan fingerprint density at radius 1 is 1.10 bits per heavy atom. The maximum Gasteiger partial charge on any atom is 0.274 e. The highest BCUT2D eigenvalue weighted by molar-refractivity contribution is 7.15. The summed E-state index contributed by atoms with van der Waals surface area (Å²) in [5.74, 6) is 0. The van der Waals surface area contributed by atoms with Gasteiger partial charge in [0, 0.05) is 0 Å². The minimum Gasteiger partial charge on any atom is -0.267 e. The largest absolute Gasteiger partial charge is 0.274 e. The first-order valence-corrected chi connectivity index (χ1v) is 7.53. The number of aryl methyl sites for hydroxylation is 1. The van der Waals surface area contributed by atoms with Crippen LogP contribution in [0.3, 0.4) is 0 Å². The summed E-state index contributed by atoms with van der Waals surface area (Å²) in [4.78, 5) is 17.9. The fourth-order valence-electron chi connectivity index (χ4n) is 2.50. The second kappa shape index (κ2) is 4.53. The Morgan fingerprint density at radius 3 is 2.71 bits per heavy atom. The van der Waals surface area contributed by atoms with Gasteiger partial charge in [-0.2, -0.15) is 0 Å². The van der Waals surface area contributed by atoms with E-state index in [0.29, 0.717) is 0 Å². The Hall–Kier alpha value is -2.46. The van der Waals surface area contributed by atoms with Crippen LogP contribution in [0.2, 0.25) is 0 Å². The van der Waals surface area contributed by atoms with E-state index in [-0.39, 0.29) is 5.56 Å². The zero-order chi connectivity index (χ0) is 14.4. The van der Waals surface area contributed by atoms with Gasteiger partial charge in [-0.3, -0.25) is 4.79 Å². The number of rotatable bonds is 1. The lowest BCUT2D eigenvalue weighted by atomic mass is 10.1. The third-order valence-electron chi connectivity index (χ3n) is 3.62. The number of para-hydroxylation sites is 2. The standard InChI is InChI=1S/C17H12N2OS/c1-11-6-2-3-7-12(11)10-15-16(20)19-14-9-5-4-8-13(14)18-17(19)21-15/h2-10H,1H3. The molecule has 3 nitrogen and oxygen atoms in total. The van der Waals surface area contributed by atoms with Crippen molar-refractivity contribution in [2.45, 2.75) is 6.92 Å². The molecule has 0 saturated carbocycles. The number of fused-ring (bicyclic) bond motifs is 3. The highest BCUT2D eigenvalue weighted by atomic mass is 32.1. The van der Waals surface area contributed by atoms with Crippen molar-refractivity contribution in [1.29, 1.82) is 0 Å². The Morgan fingerprint density at radius 2 is 1.86 bits per heavy atom. The average Bonchev–Trinajstić information content (AvgIpc) is 2.99. The molecule has 4 aromatic rings. The first-order chi connectivity index (χ1) is 10.2. The van der Waals surface area contributed by atoms with Gasteiger partial charge in [-0.05, 0) is 36.3 Å². The van der Waals surface area contributed by atoms with Crippen LogP contribution in [0.15, 0.2) is 53.3 Å². The molecule has 21 heavy (non-hydrogen) atoms. The van der Waals surface area contributed by atoms with E-state index in [2.05, 4.69) is 4.98 Å². The van der Waals surface area contributed by atoms with E-state index in [1.807, 2.05) is 61.5 Å². The lowest BCUT2D eigenvalue weighted by Gasteiger charge is -1.96. The third kappa shape index (κ3) is 1.87. The number of hydrogen-bond acceptors (Lipinski definition) is 3. The van der Waals surface area contributed by atoms with Gasteiger partial charge in [-0.1, -0.05) is 47.7 Å². The van der Waals surface area contributed by atoms with E-state index < -0.39 is 0 Å². The maximum absolute atomic E-state index is 12.6. The summed E-state index contributed by atoms with van der Waals surface area (Å²) in [6, 6.07) is 15.8. The summed E-state index contributed by atoms with van der Waals surface area (Å²) in [5.41, 5.74) is 3.98. The molecular weight excluding hydrogens is 280 g/mol. The summed E-state index contributed by atoms with van der Waals surface area (Å²) in [6.45, 7) is 2.05. The molecule has 102 valence electrons. The van der Waals surface area contributed by atoms with Crippen LogP contribution in [0.1, 0.15) is 11.1 Å². The number of aromatic nitrogens is 2. The van der Waals surface area contributed by atoms with Gasteiger partial charge >= 0.3 is 0 Å². The molecule has 2 aromatic heterocycles. The van der Waals surface area contributed by atoms with Gasteiger partial charge in [0.15, 0.2) is 4.96 Å². The zero-order valence-corrected chi connectivity index (χ0v) is 12.2. The van der Waals surface area contributed by atoms with Crippen molar-refractivity contribution in [3.8, 4) is 0 Å². The molecule has 0 bridgehead atoms. The number of hydrogen-bond donors (Lipinski definition) is 0. The number of benzene rings is 2. The molecule has 4 heteroatoms. The summed E-state index contributed by atoms with van der Waals surface area (Å²) in [7, 11) is 0. The molecule has 0 aliphatic carbocycles.